The molecular formula is C25H32N4O3. The third kappa shape index (κ3) is 5.15. The van der Waals surface area contributed by atoms with E-state index in [-0.39, 0.29) is 17.9 Å². The fourth-order valence-electron chi connectivity index (χ4n) is 4.42. The van der Waals surface area contributed by atoms with Crippen LogP contribution in [0.2, 0.25) is 0 Å². The highest BCUT2D eigenvalue weighted by molar-refractivity contribution is 5.94. The smallest absolute Gasteiger partial charge is 0.317 e. The molecule has 170 valence electrons. The van der Waals surface area contributed by atoms with Gasteiger partial charge in [0.05, 0.1) is 7.11 Å². The zero-order valence-electron chi connectivity index (χ0n) is 18.9. The Labute approximate surface area is 189 Å². The Bertz CT molecular complexity index is 913. The second-order valence-electron chi connectivity index (χ2n) is 8.49. The molecule has 0 aliphatic carbocycles. The number of methoxy groups -OCH3 is 1. The van der Waals surface area contributed by atoms with Gasteiger partial charge in [-0.1, -0.05) is 0 Å². The van der Waals surface area contributed by atoms with Crippen LogP contribution in [-0.2, 0) is 0 Å². The van der Waals surface area contributed by atoms with Crippen molar-refractivity contribution in [2.75, 3.05) is 56.2 Å². The van der Waals surface area contributed by atoms with Crippen molar-refractivity contribution in [3.63, 3.8) is 0 Å². The Balaban J connectivity index is 1.22. The van der Waals surface area contributed by atoms with Gasteiger partial charge in [-0.25, -0.2) is 4.79 Å². The number of amides is 2. The first kappa shape index (κ1) is 22.0. The van der Waals surface area contributed by atoms with Gasteiger partial charge in [-0.15, -0.1) is 0 Å². The lowest BCUT2D eigenvalue weighted by Crippen LogP contribution is -2.55. The predicted octanol–water partition coefficient (Wildman–Crippen LogP) is 3.40. The van der Waals surface area contributed by atoms with Gasteiger partial charge in [0, 0.05) is 62.2 Å². The lowest BCUT2D eigenvalue weighted by atomic mass is 10.0. The summed E-state index contributed by atoms with van der Waals surface area (Å²) in [6, 6.07) is 16.1. The number of hydrogen-bond acceptors (Lipinski definition) is 5. The highest BCUT2D eigenvalue weighted by Crippen LogP contribution is 2.23. The number of carbonyl (C=O) groups excluding carboxylic acids is 2. The fraction of sp³-hybridized carbons (Fsp3) is 0.440. The summed E-state index contributed by atoms with van der Waals surface area (Å²) in [6.45, 7) is 6.43. The van der Waals surface area contributed by atoms with Crippen LogP contribution < -0.4 is 19.9 Å². The average molecular weight is 437 g/mol. The summed E-state index contributed by atoms with van der Waals surface area (Å²) in [4.78, 5) is 30.8. The SMILES string of the molecule is COc1ccc(N2CCC(NC(=O)N3CCN(c4ccc(C(C)=O)cc4)CC3)CC2)cc1. The molecule has 2 fully saturated rings. The van der Waals surface area contributed by atoms with Gasteiger partial charge in [-0.05, 0) is 68.3 Å². The normalized spacial score (nSPS) is 17.2. The van der Waals surface area contributed by atoms with E-state index < -0.39 is 0 Å². The Kier molecular flexibility index (Phi) is 6.83. The van der Waals surface area contributed by atoms with E-state index in [1.54, 1.807) is 14.0 Å². The van der Waals surface area contributed by atoms with Gasteiger partial charge >= 0.3 is 6.03 Å². The number of benzene rings is 2. The highest BCUT2D eigenvalue weighted by atomic mass is 16.5. The standard InChI is InChI=1S/C25H32N4O3/c1-19(30)20-3-5-22(6-4-20)28-15-17-29(18-16-28)25(31)26-21-11-13-27(14-12-21)23-7-9-24(32-2)10-8-23/h3-10,21H,11-18H2,1-2H3,(H,26,31). The van der Waals surface area contributed by atoms with Crippen molar-refractivity contribution in [2.45, 2.75) is 25.8 Å². The molecular weight excluding hydrogens is 404 g/mol. The van der Waals surface area contributed by atoms with Crippen LogP contribution in [0.4, 0.5) is 16.2 Å². The van der Waals surface area contributed by atoms with E-state index >= 15 is 0 Å². The average Bonchev–Trinajstić information content (AvgIpc) is 2.85. The molecule has 0 atom stereocenters. The van der Waals surface area contributed by atoms with Crippen molar-refractivity contribution in [1.82, 2.24) is 10.2 Å². The number of piperidine rings is 1. The number of nitrogens with one attached hydrogen (secondary N) is 1. The second kappa shape index (κ2) is 9.94. The van der Waals surface area contributed by atoms with Crippen LogP contribution in [0.1, 0.15) is 30.1 Å². The molecule has 0 radical (unpaired) electrons. The van der Waals surface area contributed by atoms with Crippen LogP contribution >= 0.6 is 0 Å². The number of Topliss-reactive ketones (excluding diaryl/α,β-unsaturated/α-hetero) is 1. The minimum Gasteiger partial charge on any atom is -0.497 e. The Morgan fingerprint density at radius 1 is 0.812 bits per heavy atom. The number of ketones is 1. The number of rotatable bonds is 5. The number of hydrogen-bond donors (Lipinski definition) is 1. The number of ether oxygens (including phenoxy) is 1. The van der Waals surface area contributed by atoms with Crippen molar-refractivity contribution in [1.29, 1.82) is 0 Å². The predicted molar refractivity (Wildman–Crippen MR) is 127 cm³/mol. The van der Waals surface area contributed by atoms with Crippen molar-refractivity contribution in [3.05, 3.63) is 54.1 Å². The molecule has 32 heavy (non-hydrogen) atoms. The molecule has 2 aromatic rings. The number of anilines is 2. The Morgan fingerprint density at radius 3 is 1.88 bits per heavy atom. The molecule has 0 unspecified atom stereocenters. The van der Waals surface area contributed by atoms with Gasteiger partial charge in [-0.3, -0.25) is 4.79 Å². The van der Waals surface area contributed by atoms with Crippen LogP contribution in [0.3, 0.4) is 0 Å². The van der Waals surface area contributed by atoms with Crippen molar-refractivity contribution in [3.8, 4) is 5.75 Å². The van der Waals surface area contributed by atoms with Gasteiger partial charge in [0.25, 0.3) is 0 Å². The number of carbonyl (C=O) groups is 2. The minimum atomic E-state index is 0.0412. The van der Waals surface area contributed by atoms with E-state index in [0.717, 1.165) is 56.0 Å². The van der Waals surface area contributed by atoms with E-state index in [4.69, 9.17) is 4.74 Å². The lowest BCUT2D eigenvalue weighted by molar-refractivity contribution is 0.101. The molecule has 2 aliphatic heterocycles. The molecule has 2 amide bonds. The monoisotopic (exact) mass is 436 g/mol. The van der Waals surface area contributed by atoms with E-state index in [1.165, 1.54) is 5.69 Å². The Morgan fingerprint density at radius 2 is 1.34 bits per heavy atom. The van der Waals surface area contributed by atoms with Crippen LogP contribution in [0.25, 0.3) is 0 Å². The van der Waals surface area contributed by atoms with Crippen molar-refractivity contribution in [2.24, 2.45) is 0 Å². The molecule has 2 saturated heterocycles. The van der Waals surface area contributed by atoms with E-state index in [9.17, 15) is 9.59 Å². The maximum absolute atomic E-state index is 12.8. The molecule has 7 nitrogen and oxygen atoms in total. The molecule has 2 heterocycles. The van der Waals surface area contributed by atoms with E-state index in [1.807, 2.05) is 41.3 Å². The van der Waals surface area contributed by atoms with Crippen LogP contribution in [0, 0.1) is 0 Å². The van der Waals surface area contributed by atoms with Gasteiger partial charge in [0.15, 0.2) is 5.78 Å². The molecule has 2 aromatic carbocycles. The van der Waals surface area contributed by atoms with Gasteiger partial charge in [0.2, 0.25) is 0 Å². The lowest BCUT2D eigenvalue weighted by Gasteiger charge is -2.38. The molecule has 7 heteroatoms. The fourth-order valence-corrected chi connectivity index (χ4v) is 4.42. The number of piperazine rings is 1. The molecule has 1 N–H and O–H groups in total. The molecule has 0 aromatic heterocycles. The largest absolute Gasteiger partial charge is 0.497 e. The first-order valence-electron chi connectivity index (χ1n) is 11.3. The van der Waals surface area contributed by atoms with Crippen molar-refractivity contribution >= 4 is 23.2 Å². The molecule has 0 spiro atoms. The summed E-state index contributed by atoms with van der Waals surface area (Å²) in [6.07, 6.45) is 1.89. The zero-order valence-corrected chi connectivity index (χ0v) is 18.9. The first-order chi connectivity index (χ1) is 15.5. The third-order valence-electron chi connectivity index (χ3n) is 6.47. The summed E-state index contributed by atoms with van der Waals surface area (Å²) in [5.74, 6) is 0.942. The van der Waals surface area contributed by atoms with Gasteiger partial charge in [0.1, 0.15) is 5.75 Å². The van der Waals surface area contributed by atoms with E-state index in [2.05, 4.69) is 27.2 Å². The van der Waals surface area contributed by atoms with Crippen LogP contribution in [0.5, 0.6) is 5.75 Å². The van der Waals surface area contributed by atoms with Crippen LogP contribution in [0.15, 0.2) is 48.5 Å². The second-order valence-corrected chi connectivity index (χ2v) is 8.49. The number of nitrogens with zero attached hydrogens (tertiary/aromatic N) is 3. The number of urea groups is 1. The maximum atomic E-state index is 12.8. The van der Waals surface area contributed by atoms with Gasteiger partial charge in [-0.2, -0.15) is 0 Å². The summed E-state index contributed by atoms with van der Waals surface area (Å²) < 4.78 is 5.23. The minimum absolute atomic E-state index is 0.0412. The topological polar surface area (TPSA) is 65.1 Å². The summed E-state index contributed by atoms with van der Waals surface area (Å²) in [5, 5.41) is 3.24. The Hall–Kier alpha value is -3.22. The van der Waals surface area contributed by atoms with Crippen molar-refractivity contribution < 1.29 is 14.3 Å². The summed E-state index contributed by atoms with van der Waals surface area (Å²) in [5.41, 5.74) is 3.02. The molecule has 2 aliphatic rings. The third-order valence-corrected chi connectivity index (χ3v) is 6.47. The first-order valence-corrected chi connectivity index (χ1v) is 11.3. The zero-order chi connectivity index (χ0) is 22.5. The molecule has 4 rings (SSSR count). The quantitative estimate of drug-likeness (QED) is 0.728. The summed E-state index contributed by atoms with van der Waals surface area (Å²) in [7, 11) is 1.68. The van der Waals surface area contributed by atoms with Gasteiger partial charge < -0.3 is 24.8 Å². The molecule has 0 saturated carbocycles. The van der Waals surface area contributed by atoms with Crippen LogP contribution in [-0.4, -0.2) is 69.1 Å². The molecule has 0 bridgehead atoms. The van der Waals surface area contributed by atoms with E-state index in [0.29, 0.717) is 13.1 Å². The highest BCUT2D eigenvalue weighted by Gasteiger charge is 2.25. The maximum Gasteiger partial charge on any atom is 0.317 e. The summed E-state index contributed by atoms with van der Waals surface area (Å²) >= 11 is 0.